The molecule has 0 heterocycles. The maximum absolute atomic E-state index is 5.30. The van der Waals surface area contributed by atoms with Gasteiger partial charge in [0.15, 0.2) is 0 Å². The highest BCUT2D eigenvalue weighted by molar-refractivity contribution is 5.15. The van der Waals surface area contributed by atoms with Crippen molar-refractivity contribution in [2.24, 2.45) is 0 Å². The standard InChI is InChI=1S/C13H19NO/c1-4-13(2,15-3)14-11-10-12-8-6-5-7-9-12/h4-9,14H,1,10-11H2,2-3H3. The number of rotatable bonds is 6. The summed E-state index contributed by atoms with van der Waals surface area (Å²) in [4.78, 5) is 0. The molecule has 0 saturated heterocycles. The minimum Gasteiger partial charge on any atom is -0.361 e. The van der Waals surface area contributed by atoms with Crippen molar-refractivity contribution in [2.75, 3.05) is 13.7 Å². The zero-order chi connectivity index (χ0) is 11.1. The molecular formula is C13H19NO. The summed E-state index contributed by atoms with van der Waals surface area (Å²) in [5.74, 6) is 0. The maximum Gasteiger partial charge on any atom is 0.134 e. The van der Waals surface area contributed by atoms with Gasteiger partial charge >= 0.3 is 0 Å². The average Bonchev–Trinajstić information content (AvgIpc) is 2.30. The molecule has 1 atom stereocenters. The molecule has 1 rings (SSSR count). The van der Waals surface area contributed by atoms with E-state index >= 15 is 0 Å². The number of ether oxygens (including phenoxy) is 1. The lowest BCUT2D eigenvalue weighted by Gasteiger charge is -2.25. The Bertz CT molecular complexity index is 297. The van der Waals surface area contributed by atoms with Gasteiger partial charge in [-0.05, 0) is 25.0 Å². The first-order valence-corrected chi connectivity index (χ1v) is 5.18. The molecule has 0 saturated carbocycles. The first-order chi connectivity index (χ1) is 7.20. The molecule has 1 aromatic rings. The van der Waals surface area contributed by atoms with E-state index in [1.165, 1.54) is 5.56 Å². The molecule has 1 aromatic carbocycles. The van der Waals surface area contributed by atoms with Crippen LogP contribution in [-0.2, 0) is 11.2 Å². The van der Waals surface area contributed by atoms with Gasteiger partial charge in [-0.3, -0.25) is 5.32 Å². The van der Waals surface area contributed by atoms with Crippen LogP contribution in [0.1, 0.15) is 12.5 Å². The van der Waals surface area contributed by atoms with Crippen LogP contribution in [0.2, 0.25) is 0 Å². The van der Waals surface area contributed by atoms with E-state index in [1.807, 2.05) is 13.0 Å². The van der Waals surface area contributed by atoms with Gasteiger partial charge in [0.25, 0.3) is 0 Å². The van der Waals surface area contributed by atoms with E-state index in [9.17, 15) is 0 Å². The molecule has 0 aromatic heterocycles. The molecule has 0 aliphatic heterocycles. The van der Waals surface area contributed by atoms with E-state index in [2.05, 4.69) is 36.2 Å². The summed E-state index contributed by atoms with van der Waals surface area (Å²) in [6.07, 6.45) is 2.77. The molecule has 1 unspecified atom stereocenters. The molecule has 1 N–H and O–H groups in total. The molecule has 0 aliphatic carbocycles. The second kappa shape index (κ2) is 5.69. The summed E-state index contributed by atoms with van der Waals surface area (Å²) in [7, 11) is 1.68. The Hall–Kier alpha value is -1.12. The van der Waals surface area contributed by atoms with Crippen molar-refractivity contribution in [1.29, 1.82) is 0 Å². The largest absolute Gasteiger partial charge is 0.361 e. The first-order valence-electron chi connectivity index (χ1n) is 5.18. The Balaban J connectivity index is 2.36. The predicted molar refractivity (Wildman–Crippen MR) is 63.8 cm³/mol. The predicted octanol–water partition coefficient (Wildman–Crippen LogP) is 2.37. The minimum atomic E-state index is -0.422. The van der Waals surface area contributed by atoms with Crippen LogP contribution in [0.3, 0.4) is 0 Å². The van der Waals surface area contributed by atoms with Crippen LogP contribution in [-0.4, -0.2) is 19.4 Å². The van der Waals surface area contributed by atoms with E-state index < -0.39 is 5.72 Å². The Morgan fingerprint density at radius 2 is 2.07 bits per heavy atom. The second-order valence-corrected chi connectivity index (χ2v) is 3.68. The first kappa shape index (κ1) is 12.0. The number of methoxy groups -OCH3 is 1. The van der Waals surface area contributed by atoms with Crippen LogP contribution in [0, 0.1) is 0 Å². The maximum atomic E-state index is 5.30. The molecule has 0 fully saturated rings. The van der Waals surface area contributed by atoms with Gasteiger partial charge in [0.05, 0.1) is 0 Å². The van der Waals surface area contributed by atoms with Crippen LogP contribution in [0.4, 0.5) is 0 Å². The minimum absolute atomic E-state index is 0.422. The molecule has 15 heavy (non-hydrogen) atoms. The fraction of sp³-hybridized carbons (Fsp3) is 0.385. The van der Waals surface area contributed by atoms with Gasteiger partial charge in [0, 0.05) is 13.7 Å². The van der Waals surface area contributed by atoms with Gasteiger partial charge in [-0.25, -0.2) is 0 Å². The van der Waals surface area contributed by atoms with Crippen molar-refractivity contribution in [3.05, 3.63) is 48.6 Å². The van der Waals surface area contributed by atoms with Crippen LogP contribution in [0.25, 0.3) is 0 Å². The van der Waals surface area contributed by atoms with Gasteiger partial charge in [-0.1, -0.05) is 36.9 Å². The number of nitrogens with one attached hydrogen (secondary N) is 1. The lowest BCUT2D eigenvalue weighted by atomic mass is 10.1. The third-order valence-corrected chi connectivity index (χ3v) is 2.55. The fourth-order valence-electron chi connectivity index (χ4n) is 1.33. The van der Waals surface area contributed by atoms with Crippen LogP contribution < -0.4 is 5.32 Å². The highest BCUT2D eigenvalue weighted by Crippen LogP contribution is 2.06. The fourth-order valence-corrected chi connectivity index (χ4v) is 1.33. The molecule has 0 bridgehead atoms. The Labute approximate surface area is 92.0 Å². The van der Waals surface area contributed by atoms with Gasteiger partial charge in [-0.15, -0.1) is 0 Å². The summed E-state index contributed by atoms with van der Waals surface area (Å²) < 4.78 is 5.30. The summed E-state index contributed by atoms with van der Waals surface area (Å²) in [5, 5.41) is 3.30. The molecule has 0 spiro atoms. The monoisotopic (exact) mass is 205 g/mol. The van der Waals surface area contributed by atoms with Gasteiger partial charge in [0.1, 0.15) is 5.72 Å². The van der Waals surface area contributed by atoms with Gasteiger partial charge < -0.3 is 4.74 Å². The third kappa shape index (κ3) is 3.86. The summed E-state index contributed by atoms with van der Waals surface area (Å²) in [6, 6.07) is 10.4. The second-order valence-electron chi connectivity index (χ2n) is 3.68. The summed E-state index contributed by atoms with van der Waals surface area (Å²) in [6.45, 7) is 6.58. The van der Waals surface area contributed by atoms with Crippen molar-refractivity contribution in [3.8, 4) is 0 Å². The van der Waals surface area contributed by atoms with Crippen molar-refractivity contribution < 1.29 is 4.74 Å². The van der Waals surface area contributed by atoms with E-state index in [1.54, 1.807) is 13.2 Å². The van der Waals surface area contributed by atoms with Crippen LogP contribution >= 0.6 is 0 Å². The number of hydrogen-bond donors (Lipinski definition) is 1. The normalized spacial score (nSPS) is 14.5. The quantitative estimate of drug-likeness (QED) is 0.568. The smallest absolute Gasteiger partial charge is 0.134 e. The summed E-state index contributed by atoms with van der Waals surface area (Å²) in [5.41, 5.74) is 0.905. The van der Waals surface area contributed by atoms with Crippen molar-refractivity contribution >= 4 is 0 Å². The van der Waals surface area contributed by atoms with Crippen LogP contribution in [0.5, 0.6) is 0 Å². The van der Waals surface area contributed by atoms with Crippen LogP contribution in [0.15, 0.2) is 43.0 Å². The molecule has 0 amide bonds. The van der Waals surface area contributed by atoms with Gasteiger partial charge in [-0.2, -0.15) is 0 Å². The molecule has 2 heteroatoms. The topological polar surface area (TPSA) is 21.3 Å². The van der Waals surface area contributed by atoms with E-state index in [-0.39, 0.29) is 0 Å². The summed E-state index contributed by atoms with van der Waals surface area (Å²) >= 11 is 0. The zero-order valence-corrected chi connectivity index (χ0v) is 9.49. The lowest BCUT2D eigenvalue weighted by Crippen LogP contribution is -2.43. The molecule has 0 radical (unpaired) electrons. The Morgan fingerprint density at radius 1 is 1.40 bits per heavy atom. The highest BCUT2D eigenvalue weighted by atomic mass is 16.5. The van der Waals surface area contributed by atoms with Crippen molar-refractivity contribution in [2.45, 2.75) is 19.1 Å². The molecule has 82 valence electrons. The lowest BCUT2D eigenvalue weighted by molar-refractivity contribution is 0.0198. The SMILES string of the molecule is C=CC(C)(NCCc1ccccc1)OC. The zero-order valence-electron chi connectivity index (χ0n) is 9.49. The Kier molecular flexibility index (Phi) is 4.53. The van der Waals surface area contributed by atoms with Crippen molar-refractivity contribution in [1.82, 2.24) is 5.32 Å². The van der Waals surface area contributed by atoms with E-state index in [0.717, 1.165) is 13.0 Å². The number of hydrogen-bond acceptors (Lipinski definition) is 2. The number of benzene rings is 1. The highest BCUT2D eigenvalue weighted by Gasteiger charge is 2.16. The molecular weight excluding hydrogens is 186 g/mol. The Morgan fingerprint density at radius 3 is 2.60 bits per heavy atom. The van der Waals surface area contributed by atoms with Crippen molar-refractivity contribution in [3.63, 3.8) is 0 Å². The molecule has 2 nitrogen and oxygen atoms in total. The third-order valence-electron chi connectivity index (χ3n) is 2.55. The van der Waals surface area contributed by atoms with E-state index in [4.69, 9.17) is 4.74 Å². The molecule has 0 aliphatic rings. The van der Waals surface area contributed by atoms with Gasteiger partial charge in [0.2, 0.25) is 0 Å². The van der Waals surface area contributed by atoms with E-state index in [0.29, 0.717) is 0 Å². The average molecular weight is 205 g/mol.